The second-order valence-electron chi connectivity index (χ2n) is 6.46. The molecule has 0 amide bonds. The van der Waals surface area contributed by atoms with Gasteiger partial charge in [-0.3, -0.25) is 4.99 Å². The maximum absolute atomic E-state index is 4.36. The zero-order chi connectivity index (χ0) is 13.1. The lowest BCUT2D eigenvalue weighted by Gasteiger charge is -2.19. The molecule has 1 unspecified atom stereocenters. The zero-order valence-electron chi connectivity index (χ0n) is 12.6. The van der Waals surface area contributed by atoms with E-state index in [0.717, 1.165) is 24.5 Å². The van der Waals surface area contributed by atoms with E-state index in [2.05, 4.69) is 20.5 Å². The molecule has 0 radical (unpaired) electrons. The summed E-state index contributed by atoms with van der Waals surface area (Å²) >= 11 is 0. The smallest absolute Gasteiger partial charge is 0.191 e. The number of rotatable bonds is 4. The second-order valence-corrected chi connectivity index (χ2v) is 6.46. The Bertz CT molecular complexity index is 324. The molecule has 4 nitrogen and oxygen atoms in total. The van der Waals surface area contributed by atoms with Gasteiger partial charge in [0.2, 0.25) is 0 Å². The van der Waals surface area contributed by atoms with Crippen molar-refractivity contribution in [2.24, 2.45) is 10.9 Å². The molecule has 0 spiro atoms. The van der Waals surface area contributed by atoms with Crippen LogP contribution in [0.2, 0.25) is 0 Å². The molecule has 1 aliphatic heterocycles. The van der Waals surface area contributed by atoms with Gasteiger partial charge in [-0.1, -0.05) is 12.8 Å². The Morgan fingerprint density at radius 3 is 2.55 bits per heavy atom. The third-order valence-corrected chi connectivity index (χ3v) is 4.86. The van der Waals surface area contributed by atoms with Crippen LogP contribution in [0.25, 0.3) is 0 Å². The molecule has 1 heterocycles. The predicted octanol–water partition coefficient (Wildman–Crippen LogP) is 2.20. The molecule has 2 aliphatic carbocycles. The second kappa shape index (κ2) is 7.82. The molecule has 3 rings (SSSR count). The fourth-order valence-electron chi connectivity index (χ4n) is 3.50. The van der Waals surface area contributed by atoms with Gasteiger partial charge in [0.05, 0.1) is 0 Å². The molecule has 3 aliphatic rings. The Balaban J connectivity index is 0.00000147. The number of hydrogen-bond donors (Lipinski definition) is 2. The van der Waals surface area contributed by atoms with Crippen LogP contribution in [0.1, 0.15) is 44.9 Å². The largest absolute Gasteiger partial charge is 0.356 e. The van der Waals surface area contributed by atoms with E-state index >= 15 is 0 Å². The minimum atomic E-state index is 0. The highest BCUT2D eigenvalue weighted by Gasteiger charge is 2.34. The van der Waals surface area contributed by atoms with Crippen LogP contribution in [0.4, 0.5) is 0 Å². The first-order chi connectivity index (χ1) is 9.35. The van der Waals surface area contributed by atoms with Gasteiger partial charge < -0.3 is 15.5 Å². The van der Waals surface area contributed by atoms with Crippen molar-refractivity contribution in [1.82, 2.24) is 15.5 Å². The summed E-state index contributed by atoms with van der Waals surface area (Å²) in [6.45, 7) is 3.68. The van der Waals surface area contributed by atoms with Gasteiger partial charge in [0.25, 0.3) is 0 Å². The van der Waals surface area contributed by atoms with Crippen LogP contribution in [-0.4, -0.2) is 49.6 Å². The van der Waals surface area contributed by atoms with Crippen molar-refractivity contribution in [3.05, 3.63) is 0 Å². The van der Waals surface area contributed by atoms with Gasteiger partial charge in [-0.2, -0.15) is 0 Å². The zero-order valence-corrected chi connectivity index (χ0v) is 14.9. The Labute approximate surface area is 140 Å². The molecular formula is C15H29IN4. The number of likely N-dealkylation sites (tertiary alicyclic amines) is 1. The highest BCUT2D eigenvalue weighted by molar-refractivity contribution is 14.0. The lowest BCUT2D eigenvalue weighted by Crippen LogP contribution is -2.44. The van der Waals surface area contributed by atoms with E-state index in [4.69, 9.17) is 0 Å². The van der Waals surface area contributed by atoms with Crippen molar-refractivity contribution >= 4 is 29.9 Å². The highest BCUT2D eigenvalue weighted by atomic mass is 127. The van der Waals surface area contributed by atoms with Crippen LogP contribution in [0, 0.1) is 5.92 Å². The van der Waals surface area contributed by atoms with E-state index in [-0.39, 0.29) is 24.0 Å². The van der Waals surface area contributed by atoms with E-state index in [9.17, 15) is 0 Å². The van der Waals surface area contributed by atoms with Crippen LogP contribution >= 0.6 is 24.0 Å². The predicted molar refractivity (Wildman–Crippen MR) is 94.9 cm³/mol. The number of aliphatic imine (C=N–C) groups is 1. The summed E-state index contributed by atoms with van der Waals surface area (Å²) in [5.41, 5.74) is 0. The molecule has 3 fully saturated rings. The highest BCUT2D eigenvalue weighted by Crippen LogP contribution is 2.31. The van der Waals surface area contributed by atoms with Crippen LogP contribution in [0.15, 0.2) is 4.99 Å². The molecule has 0 aromatic carbocycles. The van der Waals surface area contributed by atoms with E-state index in [1.165, 1.54) is 58.0 Å². The van der Waals surface area contributed by atoms with Gasteiger partial charge in [0.15, 0.2) is 5.96 Å². The Hall–Kier alpha value is -0.0400. The summed E-state index contributed by atoms with van der Waals surface area (Å²) in [5.74, 6) is 1.82. The van der Waals surface area contributed by atoms with Gasteiger partial charge in [0.1, 0.15) is 0 Å². The van der Waals surface area contributed by atoms with Crippen molar-refractivity contribution in [3.63, 3.8) is 0 Å². The van der Waals surface area contributed by atoms with Crippen molar-refractivity contribution < 1.29 is 0 Å². The Kier molecular flexibility index (Phi) is 6.39. The minimum Gasteiger partial charge on any atom is -0.356 e. The fraction of sp³-hybridized carbons (Fsp3) is 0.933. The summed E-state index contributed by atoms with van der Waals surface area (Å²) in [6.07, 6.45) is 9.57. The van der Waals surface area contributed by atoms with Crippen LogP contribution in [0.5, 0.6) is 0 Å². The minimum absolute atomic E-state index is 0. The van der Waals surface area contributed by atoms with Crippen LogP contribution in [-0.2, 0) is 0 Å². The molecular weight excluding hydrogens is 363 g/mol. The monoisotopic (exact) mass is 392 g/mol. The number of guanidine groups is 1. The fourth-order valence-corrected chi connectivity index (χ4v) is 3.50. The Morgan fingerprint density at radius 2 is 1.90 bits per heavy atom. The molecule has 0 aromatic heterocycles. The SMILES string of the molecule is CN=C(NCC1CCN(C2CC2)C1)NC1CCCC1.I. The van der Waals surface area contributed by atoms with E-state index in [1.54, 1.807) is 0 Å². The van der Waals surface area contributed by atoms with E-state index < -0.39 is 0 Å². The first-order valence-corrected chi connectivity index (χ1v) is 8.06. The average Bonchev–Trinajstić information content (AvgIpc) is 2.96. The van der Waals surface area contributed by atoms with Crippen molar-refractivity contribution in [3.8, 4) is 0 Å². The van der Waals surface area contributed by atoms with E-state index in [0.29, 0.717) is 6.04 Å². The molecule has 0 aromatic rings. The summed E-state index contributed by atoms with van der Waals surface area (Å²) in [6, 6.07) is 1.58. The molecule has 2 N–H and O–H groups in total. The number of hydrogen-bond acceptors (Lipinski definition) is 2. The van der Waals surface area contributed by atoms with Crippen molar-refractivity contribution in [1.29, 1.82) is 0 Å². The first-order valence-electron chi connectivity index (χ1n) is 8.06. The maximum Gasteiger partial charge on any atom is 0.191 e. The van der Waals surface area contributed by atoms with Gasteiger partial charge in [-0.25, -0.2) is 0 Å². The first kappa shape index (κ1) is 16.3. The lowest BCUT2D eigenvalue weighted by molar-refractivity contribution is 0.314. The summed E-state index contributed by atoms with van der Waals surface area (Å²) in [5, 5.41) is 7.09. The van der Waals surface area contributed by atoms with Crippen LogP contribution < -0.4 is 10.6 Å². The average molecular weight is 392 g/mol. The van der Waals surface area contributed by atoms with Gasteiger partial charge in [-0.15, -0.1) is 24.0 Å². The van der Waals surface area contributed by atoms with Gasteiger partial charge in [-0.05, 0) is 44.6 Å². The van der Waals surface area contributed by atoms with Crippen molar-refractivity contribution in [2.75, 3.05) is 26.7 Å². The standard InChI is InChI=1S/C15H28N4.HI/c1-16-15(18-13-4-2-3-5-13)17-10-12-8-9-19(11-12)14-6-7-14;/h12-14H,2-11H2,1H3,(H2,16,17,18);1H. The topological polar surface area (TPSA) is 39.7 Å². The third-order valence-electron chi connectivity index (χ3n) is 4.86. The van der Waals surface area contributed by atoms with Crippen molar-refractivity contribution in [2.45, 2.75) is 57.0 Å². The molecule has 0 bridgehead atoms. The molecule has 5 heteroatoms. The van der Waals surface area contributed by atoms with Gasteiger partial charge >= 0.3 is 0 Å². The van der Waals surface area contributed by atoms with Crippen LogP contribution in [0.3, 0.4) is 0 Å². The molecule has 1 saturated heterocycles. The Morgan fingerprint density at radius 1 is 1.15 bits per heavy atom. The molecule has 20 heavy (non-hydrogen) atoms. The maximum atomic E-state index is 4.36. The lowest BCUT2D eigenvalue weighted by atomic mass is 10.1. The van der Waals surface area contributed by atoms with E-state index in [1.807, 2.05) is 7.05 Å². The summed E-state index contributed by atoms with van der Waals surface area (Å²) < 4.78 is 0. The molecule has 1 atom stereocenters. The third kappa shape index (κ3) is 4.48. The number of halogens is 1. The summed E-state index contributed by atoms with van der Waals surface area (Å²) in [4.78, 5) is 7.04. The molecule has 116 valence electrons. The normalized spacial score (nSPS) is 28.4. The summed E-state index contributed by atoms with van der Waals surface area (Å²) in [7, 11) is 1.88. The molecule has 2 saturated carbocycles. The number of nitrogens with one attached hydrogen (secondary N) is 2. The quantitative estimate of drug-likeness (QED) is 0.438. The number of nitrogens with zero attached hydrogens (tertiary/aromatic N) is 2. The van der Waals surface area contributed by atoms with Gasteiger partial charge in [0, 0.05) is 32.2 Å².